The molecule has 0 N–H and O–H groups in total. The molecule has 2 aliphatic heterocycles. The van der Waals surface area contributed by atoms with E-state index in [1.807, 2.05) is 19.1 Å². The monoisotopic (exact) mass is 520 g/mol. The molecule has 0 spiro atoms. The molecule has 2 saturated heterocycles. The first-order valence-electron chi connectivity index (χ1n) is 12.6. The number of piperazine rings is 1. The Morgan fingerprint density at radius 2 is 1.83 bits per heavy atom. The highest BCUT2D eigenvalue weighted by Crippen LogP contribution is 2.28. The topological polar surface area (TPSA) is 105 Å². The smallest absolute Gasteiger partial charge is 0.409 e. The molecule has 3 heterocycles. The summed E-state index contributed by atoms with van der Waals surface area (Å²) in [5.41, 5.74) is 1.58. The van der Waals surface area contributed by atoms with Gasteiger partial charge < -0.3 is 18.9 Å². The number of benzene rings is 1. The van der Waals surface area contributed by atoms with Crippen LogP contribution in [-0.2, 0) is 21.3 Å². The van der Waals surface area contributed by atoms with Gasteiger partial charge in [0.15, 0.2) is 5.76 Å². The molecule has 0 bridgehead atoms. The first-order valence-corrected chi connectivity index (χ1v) is 14.0. The van der Waals surface area contributed by atoms with Crippen LogP contribution < -0.4 is 4.74 Å². The molecule has 36 heavy (non-hydrogen) atoms. The van der Waals surface area contributed by atoms with Crippen molar-refractivity contribution >= 4 is 16.1 Å². The van der Waals surface area contributed by atoms with Crippen LogP contribution >= 0.6 is 0 Å². The van der Waals surface area contributed by atoms with Gasteiger partial charge in [-0.3, -0.25) is 4.90 Å². The highest BCUT2D eigenvalue weighted by molar-refractivity contribution is 7.89. The first kappa shape index (κ1) is 26.4. The second kappa shape index (κ2) is 11.6. The van der Waals surface area contributed by atoms with Crippen molar-refractivity contribution in [3.05, 3.63) is 41.3 Å². The van der Waals surface area contributed by atoms with Crippen LogP contribution in [0.5, 0.6) is 5.75 Å². The van der Waals surface area contributed by atoms with Crippen molar-refractivity contribution in [2.24, 2.45) is 5.92 Å². The van der Waals surface area contributed by atoms with Gasteiger partial charge in [-0.25, -0.2) is 13.2 Å². The van der Waals surface area contributed by atoms with E-state index >= 15 is 0 Å². The number of rotatable bonds is 8. The molecule has 0 aliphatic carbocycles. The van der Waals surface area contributed by atoms with Gasteiger partial charge in [-0.1, -0.05) is 17.3 Å². The molecule has 198 valence electrons. The quantitative estimate of drug-likeness (QED) is 0.523. The summed E-state index contributed by atoms with van der Waals surface area (Å²) in [6.07, 6.45) is 1.48. The van der Waals surface area contributed by atoms with Gasteiger partial charge in [0.05, 0.1) is 13.2 Å². The number of hydrogen-bond donors (Lipinski definition) is 0. The third kappa shape index (κ3) is 6.19. The lowest BCUT2D eigenvalue weighted by Crippen LogP contribution is -2.48. The summed E-state index contributed by atoms with van der Waals surface area (Å²) >= 11 is 0. The second-order valence-corrected chi connectivity index (χ2v) is 11.3. The zero-order valence-corrected chi connectivity index (χ0v) is 22.1. The predicted molar refractivity (Wildman–Crippen MR) is 133 cm³/mol. The third-order valence-corrected chi connectivity index (χ3v) is 8.87. The van der Waals surface area contributed by atoms with E-state index in [0.29, 0.717) is 50.8 Å². The maximum atomic E-state index is 13.1. The minimum absolute atomic E-state index is 0.115. The molecule has 2 aromatic rings. The fraction of sp³-hybridized carbons (Fsp3) is 0.600. The van der Waals surface area contributed by atoms with Gasteiger partial charge in [0.2, 0.25) is 10.0 Å². The SMILES string of the molecule is CCOC(=O)N1CCN(Cc2ccc(OCC3CCCN(S(=O)(=O)c4c(C)noc4C)C3)cc2)CC1. The van der Waals surface area contributed by atoms with Crippen molar-refractivity contribution in [2.75, 3.05) is 52.5 Å². The molecule has 2 fully saturated rings. The Labute approximate surface area is 213 Å². The Hall–Kier alpha value is -2.63. The number of nitrogens with zero attached hydrogens (tertiary/aromatic N) is 4. The molecule has 1 amide bonds. The molecule has 1 atom stereocenters. The van der Waals surface area contributed by atoms with E-state index in [9.17, 15) is 13.2 Å². The van der Waals surface area contributed by atoms with Gasteiger partial charge in [0.25, 0.3) is 0 Å². The summed E-state index contributed by atoms with van der Waals surface area (Å²) in [7, 11) is -3.64. The lowest BCUT2D eigenvalue weighted by Gasteiger charge is -2.34. The number of piperidine rings is 1. The van der Waals surface area contributed by atoms with Crippen molar-refractivity contribution in [1.82, 2.24) is 19.3 Å². The summed E-state index contributed by atoms with van der Waals surface area (Å²) in [6.45, 7) is 10.6. The molecule has 0 saturated carbocycles. The van der Waals surface area contributed by atoms with Crippen molar-refractivity contribution in [2.45, 2.75) is 45.1 Å². The van der Waals surface area contributed by atoms with E-state index in [-0.39, 0.29) is 16.9 Å². The average Bonchev–Trinajstić information content (AvgIpc) is 3.23. The molecule has 11 heteroatoms. The highest BCUT2D eigenvalue weighted by atomic mass is 32.2. The standard InChI is InChI=1S/C25H36N4O6S/c1-4-33-25(30)28-14-12-27(13-15-28)16-21-7-9-23(10-8-21)34-18-22-6-5-11-29(17-22)36(31,32)24-19(2)26-35-20(24)3/h7-10,22H,4-6,11-18H2,1-3H3. The van der Waals surface area contributed by atoms with Gasteiger partial charge in [0, 0.05) is 51.7 Å². The number of amides is 1. The third-order valence-electron chi connectivity index (χ3n) is 6.76. The summed E-state index contributed by atoms with van der Waals surface area (Å²) in [5.74, 6) is 1.22. The number of hydrogen-bond acceptors (Lipinski definition) is 8. The number of ether oxygens (including phenoxy) is 2. The number of carbonyl (C=O) groups is 1. The van der Waals surface area contributed by atoms with E-state index in [0.717, 1.165) is 38.2 Å². The van der Waals surface area contributed by atoms with Crippen LogP contribution in [0.25, 0.3) is 0 Å². The molecular weight excluding hydrogens is 484 g/mol. The Balaban J connectivity index is 1.25. The molecule has 1 unspecified atom stereocenters. The Morgan fingerprint density at radius 1 is 1.11 bits per heavy atom. The van der Waals surface area contributed by atoms with Crippen molar-refractivity contribution in [3.63, 3.8) is 0 Å². The average molecular weight is 521 g/mol. The molecular formula is C25H36N4O6S. The summed E-state index contributed by atoms with van der Waals surface area (Å²) < 4.78 is 44.0. The summed E-state index contributed by atoms with van der Waals surface area (Å²) in [4.78, 5) is 16.1. The van der Waals surface area contributed by atoms with Crippen LogP contribution in [0, 0.1) is 19.8 Å². The van der Waals surface area contributed by atoms with Crippen LogP contribution in [0.3, 0.4) is 0 Å². The van der Waals surface area contributed by atoms with Crippen LogP contribution in [0.1, 0.15) is 36.8 Å². The zero-order valence-electron chi connectivity index (χ0n) is 21.3. The van der Waals surface area contributed by atoms with Crippen LogP contribution in [-0.4, -0.2) is 86.3 Å². The normalized spacial score (nSPS) is 19.9. The van der Waals surface area contributed by atoms with Crippen molar-refractivity contribution in [1.29, 1.82) is 0 Å². The second-order valence-electron chi connectivity index (χ2n) is 9.44. The van der Waals surface area contributed by atoms with Gasteiger partial charge in [-0.2, -0.15) is 4.31 Å². The van der Waals surface area contributed by atoms with E-state index in [1.165, 1.54) is 9.87 Å². The first-order chi connectivity index (χ1) is 17.3. The van der Waals surface area contributed by atoms with E-state index in [1.54, 1.807) is 18.7 Å². The van der Waals surface area contributed by atoms with Crippen LogP contribution in [0.15, 0.2) is 33.7 Å². The number of carbonyl (C=O) groups excluding carboxylic acids is 1. The lowest BCUT2D eigenvalue weighted by molar-refractivity contribution is 0.0778. The lowest BCUT2D eigenvalue weighted by atomic mass is 10.0. The van der Waals surface area contributed by atoms with Gasteiger partial charge in [0.1, 0.15) is 16.3 Å². The fourth-order valence-electron chi connectivity index (χ4n) is 4.82. The zero-order chi connectivity index (χ0) is 25.7. The Bertz CT molecular complexity index is 1110. The molecule has 1 aromatic heterocycles. The van der Waals surface area contributed by atoms with E-state index in [4.69, 9.17) is 14.0 Å². The molecule has 10 nitrogen and oxygen atoms in total. The summed E-state index contributed by atoms with van der Waals surface area (Å²) in [5, 5.41) is 3.80. The van der Waals surface area contributed by atoms with Gasteiger partial charge in [-0.15, -0.1) is 0 Å². The maximum absolute atomic E-state index is 13.1. The van der Waals surface area contributed by atoms with Gasteiger partial charge in [-0.05, 0) is 51.3 Å². The number of sulfonamides is 1. The minimum Gasteiger partial charge on any atom is -0.493 e. The molecule has 2 aliphatic rings. The summed E-state index contributed by atoms with van der Waals surface area (Å²) in [6, 6.07) is 8.04. The fourth-order valence-corrected chi connectivity index (χ4v) is 6.67. The maximum Gasteiger partial charge on any atom is 0.409 e. The molecule has 4 rings (SSSR count). The van der Waals surface area contributed by atoms with Gasteiger partial charge >= 0.3 is 6.09 Å². The number of aryl methyl sites for hydroxylation is 2. The van der Waals surface area contributed by atoms with Crippen LogP contribution in [0.2, 0.25) is 0 Å². The largest absolute Gasteiger partial charge is 0.493 e. The van der Waals surface area contributed by atoms with E-state index in [2.05, 4.69) is 22.2 Å². The Morgan fingerprint density at radius 3 is 2.47 bits per heavy atom. The number of aromatic nitrogens is 1. The predicted octanol–water partition coefficient (Wildman–Crippen LogP) is 3.05. The van der Waals surface area contributed by atoms with E-state index < -0.39 is 10.0 Å². The molecule has 0 radical (unpaired) electrons. The van der Waals surface area contributed by atoms with Crippen LogP contribution in [0.4, 0.5) is 4.79 Å². The minimum atomic E-state index is -3.64. The van der Waals surface area contributed by atoms with Crippen molar-refractivity contribution in [3.8, 4) is 5.75 Å². The molecule has 1 aromatic carbocycles. The Kier molecular flexibility index (Phi) is 8.53. The van der Waals surface area contributed by atoms with Crippen molar-refractivity contribution < 1.29 is 27.2 Å². The highest BCUT2D eigenvalue weighted by Gasteiger charge is 2.34.